The van der Waals surface area contributed by atoms with Crippen LogP contribution in [-0.2, 0) is 14.3 Å². The molecule has 0 fully saturated rings. The number of aliphatic hydroxyl groups is 1. The highest BCUT2D eigenvalue weighted by molar-refractivity contribution is 5.81. The quantitative estimate of drug-likeness (QED) is 0.456. The Morgan fingerprint density at radius 3 is 2.61 bits per heavy atom. The van der Waals surface area contributed by atoms with Crippen LogP contribution in [0.2, 0.25) is 0 Å². The van der Waals surface area contributed by atoms with E-state index in [-0.39, 0.29) is 13.2 Å². The van der Waals surface area contributed by atoms with Crippen LogP contribution in [0.5, 0.6) is 0 Å². The lowest BCUT2D eigenvalue weighted by Gasteiger charge is -2.16. The van der Waals surface area contributed by atoms with Gasteiger partial charge in [0.05, 0.1) is 6.61 Å². The van der Waals surface area contributed by atoms with E-state index in [0.717, 1.165) is 18.9 Å². The van der Waals surface area contributed by atoms with Crippen molar-refractivity contribution >= 4 is 5.97 Å². The number of ether oxygens (including phenoxy) is 2. The number of hydrogen-bond acceptors (Lipinski definition) is 4. The molecule has 0 saturated carbocycles. The van der Waals surface area contributed by atoms with Gasteiger partial charge in [0.1, 0.15) is 12.7 Å². The van der Waals surface area contributed by atoms with E-state index in [1.165, 1.54) is 12.8 Å². The van der Waals surface area contributed by atoms with Gasteiger partial charge in [0, 0.05) is 12.7 Å². The Kier molecular flexibility index (Phi) is 10.7. The van der Waals surface area contributed by atoms with E-state index in [2.05, 4.69) is 20.4 Å². The molecule has 0 aliphatic heterocycles. The summed E-state index contributed by atoms with van der Waals surface area (Å²) in [6, 6.07) is 0. The van der Waals surface area contributed by atoms with Crippen molar-refractivity contribution in [3.8, 4) is 0 Å². The van der Waals surface area contributed by atoms with Crippen molar-refractivity contribution in [2.75, 3.05) is 19.8 Å². The van der Waals surface area contributed by atoms with Crippen LogP contribution in [0.3, 0.4) is 0 Å². The number of carbonyl (C=O) groups is 1. The number of aliphatic hydroxyl groups excluding tert-OH is 1. The van der Waals surface area contributed by atoms with E-state index in [0.29, 0.717) is 12.5 Å². The van der Waals surface area contributed by atoms with Crippen molar-refractivity contribution in [1.82, 2.24) is 0 Å². The Hall–Kier alpha value is -0.870. The van der Waals surface area contributed by atoms with Crippen LogP contribution in [0.25, 0.3) is 0 Å². The van der Waals surface area contributed by atoms with Crippen LogP contribution >= 0.6 is 0 Å². The average molecular weight is 258 g/mol. The smallest absolute Gasteiger partial charge is 0.330 e. The lowest BCUT2D eigenvalue weighted by atomic mass is 10.0. The van der Waals surface area contributed by atoms with Gasteiger partial charge in [0.15, 0.2) is 0 Å². The van der Waals surface area contributed by atoms with Crippen LogP contribution in [-0.4, -0.2) is 37.0 Å². The van der Waals surface area contributed by atoms with Crippen molar-refractivity contribution in [2.24, 2.45) is 5.92 Å². The molecule has 0 radical (unpaired) electrons. The summed E-state index contributed by atoms with van der Waals surface area (Å²) >= 11 is 0. The second-order valence-electron chi connectivity index (χ2n) is 4.44. The Labute approximate surface area is 110 Å². The van der Waals surface area contributed by atoms with Crippen molar-refractivity contribution in [1.29, 1.82) is 0 Å². The first kappa shape index (κ1) is 17.1. The molecular formula is C14H26O4. The highest BCUT2D eigenvalue weighted by Gasteiger charge is 2.10. The number of unbranched alkanes of at least 4 members (excludes halogenated alkanes) is 1. The van der Waals surface area contributed by atoms with Crippen LogP contribution < -0.4 is 0 Å². The van der Waals surface area contributed by atoms with Crippen molar-refractivity contribution in [3.05, 3.63) is 12.7 Å². The average Bonchev–Trinajstić information content (AvgIpc) is 2.39. The summed E-state index contributed by atoms with van der Waals surface area (Å²) in [5, 5.41) is 9.52. The maximum Gasteiger partial charge on any atom is 0.330 e. The summed E-state index contributed by atoms with van der Waals surface area (Å²) in [6.45, 7) is 8.40. The zero-order chi connectivity index (χ0) is 13.8. The minimum atomic E-state index is -0.766. The fraction of sp³-hybridized carbons (Fsp3) is 0.786. The predicted molar refractivity (Wildman–Crippen MR) is 71.3 cm³/mol. The third kappa shape index (κ3) is 9.19. The lowest BCUT2D eigenvalue weighted by Crippen LogP contribution is -2.24. The van der Waals surface area contributed by atoms with Crippen LogP contribution in [0, 0.1) is 5.92 Å². The van der Waals surface area contributed by atoms with E-state index < -0.39 is 12.1 Å². The predicted octanol–water partition coefficient (Wildman–Crippen LogP) is 2.31. The highest BCUT2D eigenvalue weighted by atomic mass is 16.5. The Morgan fingerprint density at radius 1 is 1.33 bits per heavy atom. The molecule has 1 N–H and O–H groups in total. The zero-order valence-corrected chi connectivity index (χ0v) is 11.6. The van der Waals surface area contributed by atoms with Crippen molar-refractivity contribution < 1.29 is 19.4 Å². The molecule has 0 aliphatic carbocycles. The molecule has 0 aliphatic rings. The maximum atomic E-state index is 10.8. The normalized spacial score (nSPS) is 13.9. The van der Waals surface area contributed by atoms with E-state index in [4.69, 9.17) is 9.47 Å². The zero-order valence-electron chi connectivity index (χ0n) is 11.6. The molecule has 0 amide bonds. The van der Waals surface area contributed by atoms with Crippen molar-refractivity contribution in [3.63, 3.8) is 0 Å². The highest BCUT2D eigenvalue weighted by Crippen LogP contribution is 2.12. The Bertz CT molecular complexity index is 228. The molecule has 2 atom stereocenters. The molecular weight excluding hydrogens is 232 g/mol. The molecule has 0 rings (SSSR count). The van der Waals surface area contributed by atoms with E-state index in [9.17, 15) is 9.90 Å². The summed E-state index contributed by atoms with van der Waals surface area (Å²) in [6.07, 6.45) is 4.96. The number of rotatable bonds is 11. The molecule has 0 aromatic heterocycles. The molecule has 4 heteroatoms. The first-order valence-corrected chi connectivity index (χ1v) is 6.68. The molecule has 0 saturated heterocycles. The first-order chi connectivity index (χ1) is 8.63. The molecule has 0 aromatic rings. The molecule has 18 heavy (non-hydrogen) atoms. The standard InChI is InChI=1S/C14H26O4/c1-4-7-8-12(5-2)9-17-10-13(15)11-18-14(16)6-3/h6,12-13,15H,3-5,7-11H2,1-2H3. The number of carbonyl (C=O) groups excluding carboxylic acids is 1. The fourth-order valence-electron chi connectivity index (χ4n) is 1.55. The summed E-state index contributed by atoms with van der Waals surface area (Å²) in [4.78, 5) is 10.8. The van der Waals surface area contributed by atoms with Crippen LogP contribution in [0.15, 0.2) is 12.7 Å². The summed E-state index contributed by atoms with van der Waals surface area (Å²) in [5.74, 6) is 0.0244. The van der Waals surface area contributed by atoms with Gasteiger partial charge in [-0.1, -0.05) is 39.7 Å². The topological polar surface area (TPSA) is 55.8 Å². The number of esters is 1. The number of hydrogen-bond donors (Lipinski definition) is 1. The summed E-state index contributed by atoms with van der Waals surface area (Å²) in [5.41, 5.74) is 0. The molecule has 0 spiro atoms. The van der Waals surface area contributed by atoms with Crippen LogP contribution in [0.1, 0.15) is 39.5 Å². The van der Waals surface area contributed by atoms with Gasteiger partial charge in [-0.05, 0) is 12.3 Å². The van der Waals surface area contributed by atoms with Gasteiger partial charge in [-0.3, -0.25) is 0 Å². The molecule has 106 valence electrons. The second-order valence-corrected chi connectivity index (χ2v) is 4.44. The SMILES string of the molecule is C=CC(=O)OCC(O)COCC(CC)CCCC. The Morgan fingerprint density at radius 2 is 2.06 bits per heavy atom. The third-order valence-electron chi connectivity index (χ3n) is 2.79. The van der Waals surface area contributed by atoms with Gasteiger partial charge >= 0.3 is 5.97 Å². The molecule has 0 bridgehead atoms. The minimum Gasteiger partial charge on any atom is -0.460 e. The molecule has 0 aromatic carbocycles. The lowest BCUT2D eigenvalue weighted by molar-refractivity contribution is -0.142. The minimum absolute atomic E-state index is 0.0450. The maximum absolute atomic E-state index is 10.8. The van der Waals surface area contributed by atoms with Crippen LogP contribution in [0.4, 0.5) is 0 Å². The second kappa shape index (κ2) is 11.2. The van der Waals surface area contributed by atoms with Gasteiger partial charge in [-0.15, -0.1) is 0 Å². The molecule has 4 nitrogen and oxygen atoms in total. The largest absolute Gasteiger partial charge is 0.460 e. The van der Waals surface area contributed by atoms with Crippen molar-refractivity contribution in [2.45, 2.75) is 45.6 Å². The summed E-state index contributed by atoms with van der Waals surface area (Å²) < 4.78 is 10.2. The van der Waals surface area contributed by atoms with Gasteiger partial charge in [-0.2, -0.15) is 0 Å². The van der Waals surface area contributed by atoms with Gasteiger partial charge < -0.3 is 14.6 Å². The molecule has 2 unspecified atom stereocenters. The fourth-order valence-corrected chi connectivity index (χ4v) is 1.55. The van der Waals surface area contributed by atoms with E-state index >= 15 is 0 Å². The monoisotopic (exact) mass is 258 g/mol. The first-order valence-electron chi connectivity index (χ1n) is 6.68. The van der Waals surface area contributed by atoms with E-state index in [1.807, 2.05) is 0 Å². The van der Waals surface area contributed by atoms with Gasteiger partial charge in [0.25, 0.3) is 0 Å². The Balaban J connectivity index is 3.61. The molecule has 0 heterocycles. The van der Waals surface area contributed by atoms with E-state index in [1.54, 1.807) is 0 Å². The summed E-state index contributed by atoms with van der Waals surface area (Å²) in [7, 11) is 0. The van der Waals surface area contributed by atoms with Gasteiger partial charge in [-0.25, -0.2) is 4.79 Å². The third-order valence-corrected chi connectivity index (χ3v) is 2.79. The van der Waals surface area contributed by atoms with Gasteiger partial charge in [0.2, 0.25) is 0 Å².